The van der Waals surface area contributed by atoms with Gasteiger partial charge in [-0.25, -0.2) is 0 Å². The summed E-state index contributed by atoms with van der Waals surface area (Å²) >= 11 is 0. The zero-order valence-corrected chi connectivity index (χ0v) is 16.2. The van der Waals surface area contributed by atoms with Crippen LogP contribution in [-0.2, 0) is 19.1 Å². The number of rotatable bonds is 8. The molecule has 2 N–H and O–H groups in total. The zero-order chi connectivity index (χ0) is 19.7. The van der Waals surface area contributed by atoms with Crippen LogP contribution in [-0.4, -0.2) is 56.0 Å². The predicted octanol–water partition coefficient (Wildman–Crippen LogP) is 1.57. The second-order valence-corrected chi connectivity index (χ2v) is 7.16. The summed E-state index contributed by atoms with van der Waals surface area (Å²) in [4.78, 5) is 37.9. The van der Waals surface area contributed by atoms with E-state index < -0.39 is 11.3 Å². The highest BCUT2D eigenvalue weighted by molar-refractivity contribution is 5.95. The van der Waals surface area contributed by atoms with Crippen molar-refractivity contribution in [2.45, 2.75) is 27.7 Å². The van der Waals surface area contributed by atoms with E-state index in [9.17, 15) is 14.4 Å². The summed E-state index contributed by atoms with van der Waals surface area (Å²) in [5.41, 5.74) is 1.16. The van der Waals surface area contributed by atoms with E-state index in [0.717, 1.165) is 5.56 Å². The smallest absolute Gasteiger partial charge is 0.243 e. The Kier molecular flexibility index (Phi) is 8.25. The molecule has 0 atom stereocenters. The summed E-state index contributed by atoms with van der Waals surface area (Å²) in [6, 6.07) is 7.37. The molecule has 7 heteroatoms. The van der Waals surface area contributed by atoms with Crippen molar-refractivity contribution in [2.24, 2.45) is 5.41 Å². The van der Waals surface area contributed by atoms with Gasteiger partial charge in [-0.3, -0.25) is 14.4 Å². The lowest BCUT2D eigenvalue weighted by Gasteiger charge is -2.28. The number of aryl methyl sites for hydroxylation is 1. The van der Waals surface area contributed by atoms with Gasteiger partial charge in [0.15, 0.2) is 0 Å². The van der Waals surface area contributed by atoms with Gasteiger partial charge in [-0.1, -0.05) is 38.5 Å². The van der Waals surface area contributed by atoms with Gasteiger partial charge in [-0.15, -0.1) is 0 Å². The van der Waals surface area contributed by atoms with E-state index in [1.54, 1.807) is 32.9 Å². The summed E-state index contributed by atoms with van der Waals surface area (Å²) in [6.45, 7) is 7.72. The van der Waals surface area contributed by atoms with E-state index >= 15 is 0 Å². The third-order valence-electron chi connectivity index (χ3n) is 3.61. The van der Waals surface area contributed by atoms with Crippen molar-refractivity contribution < 1.29 is 19.1 Å². The Bertz CT molecular complexity index is 621. The number of hydrogen-bond acceptors (Lipinski definition) is 4. The lowest BCUT2D eigenvalue weighted by atomic mass is 9.94. The Labute approximate surface area is 155 Å². The highest BCUT2D eigenvalue weighted by atomic mass is 16.5. The Morgan fingerprint density at radius 1 is 1.08 bits per heavy atom. The van der Waals surface area contributed by atoms with Crippen LogP contribution in [0.25, 0.3) is 0 Å². The van der Waals surface area contributed by atoms with Crippen molar-refractivity contribution in [3.8, 4) is 0 Å². The molecule has 0 spiro atoms. The molecule has 0 radical (unpaired) electrons. The molecule has 1 rings (SSSR count). The number of hydrogen-bond donors (Lipinski definition) is 2. The van der Waals surface area contributed by atoms with Gasteiger partial charge in [0.1, 0.15) is 0 Å². The highest BCUT2D eigenvalue weighted by Crippen LogP contribution is 2.17. The van der Waals surface area contributed by atoms with E-state index in [1.165, 1.54) is 12.0 Å². The Hall–Kier alpha value is -2.41. The molecular weight excluding hydrogens is 334 g/mol. The quantitative estimate of drug-likeness (QED) is 0.734. The van der Waals surface area contributed by atoms with E-state index in [1.807, 2.05) is 19.1 Å². The van der Waals surface area contributed by atoms with Crippen molar-refractivity contribution in [3.05, 3.63) is 29.8 Å². The van der Waals surface area contributed by atoms with Gasteiger partial charge < -0.3 is 20.3 Å². The fourth-order valence-corrected chi connectivity index (χ4v) is 2.18. The van der Waals surface area contributed by atoms with Crippen LogP contribution >= 0.6 is 0 Å². The first kappa shape index (κ1) is 21.6. The lowest BCUT2D eigenvalue weighted by molar-refractivity contribution is -0.143. The van der Waals surface area contributed by atoms with Gasteiger partial charge in [0.05, 0.1) is 19.7 Å². The number of ether oxygens (including phenoxy) is 1. The number of nitrogens with one attached hydrogen (secondary N) is 2. The first-order valence-corrected chi connectivity index (χ1v) is 8.55. The molecule has 0 heterocycles. The van der Waals surface area contributed by atoms with Crippen LogP contribution in [0.3, 0.4) is 0 Å². The maximum Gasteiger partial charge on any atom is 0.243 e. The molecule has 144 valence electrons. The van der Waals surface area contributed by atoms with Crippen LogP contribution in [0.2, 0.25) is 0 Å². The van der Waals surface area contributed by atoms with Crippen LogP contribution in [0.5, 0.6) is 0 Å². The van der Waals surface area contributed by atoms with Crippen molar-refractivity contribution in [1.29, 1.82) is 0 Å². The van der Waals surface area contributed by atoms with Crippen molar-refractivity contribution in [3.63, 3.8) is 0 Å². The number of carbonyl (C=O) groups is 3. The van der Waals surface area contributed by atoms with Crippen molar-refractivity contribution in [1.82, 2.24) is 10.2 Å². The molecule has 0 bridgehead atoms. The SMILES string of the molecule is COCCN(CC(=O)NCC(=O)Nc1ccc(C)cc1)C(=O)C(C)(C)C. The van der Waals surface area contributed by atoms with Gasteiger partial charge in [-0.2, -0.15) is 0 Å². The molecule has 0 fully saturated rings. The van der Waals surface area contributed by atoms with Gasteiger partial charge in [0.25, 0.3) is 0 Å². The molecular formula is C19H29N3O4. The van der Waals surface area contributed by atoms with Crippen LogP contribution in [0.15, 0.2) is 24.3 Å². The predicted molar refractivity (Wildman–Crippen MR) is 101 cm³/mol. The zero-order valence-electron chi connectivity index (χ0n) is 16.2. The molecule has 0 aromatic heterocycles. The maximum absolute atomic E-state index is 12.4. The molecule has 0 saturated carbocycles. The average Bonchev–Trinajstić information content (AvgIpc) is 2.57. The number of methoxy groups -OCH3 is 1. The van der Waals surface area contributed by atoms with Crippen LogP contribution in [0, 0.1) is 12.3 Å². The lowest BCUT2D eigenvalue weighted by Crippen LogP contribution is -2.47. The molecule has 0 aliphatic carbocycles. The van der Waals surface area contributed by atoms with Crippen LogP contribution in [0.1, 0.15) is 26.3 Å². The summed E-state index contributed by atoms with van der Waals surface area (Å²) < 4.78 is 5.00. The van der Waals surface area contributed by atoms with Gasteiger partial charge in [0.2, 0.25) is 17.7 Å². The van der Waals surface area contributed by atoms with Gasteiger partial charge in [-0.05, 0) is 19.1 Å². The summed E-state index contributed by atoms with van der Waals surface area (Å²) in [6.07, 6.45) is 0. The number of amides is 3. The minimum Gasteiger partial charge on any atom is -0.383 e. The minimum absolute atomic E-state index is 0.114. The second kappa shape index (κ2) is 9.91. The Balaban J connectivity index is 2.52. The summed E-state index contributed by atoms with van der Waals surface area (Å²) in [5.74, 6) is -0.862. The fraction of sp³-hybridized carbons (Fsp3) is 0.526. The maximum atomic E-state index is 12.4. The van der Waals surface area contributed by atoms with E-state index in [4.69, 9.17) is 4.74 Å². The molecule has 0 unspecified atom stereocenters. The monoisotopic (exact) mass is 363 g/mol. The molecule has 26 heavy (non-hydrogen) atoms. The third kappa shape index (κ3) is 7.65. The van der Waals surface area contributed by atoms with Gasteiger partial charge >= 0.3 is 0 Å². The third-order valence-corrected chi connectivity index (χ3v) is 3.61. The first-order chi connectivity index (χ1) is 12.1. The van der Waals surface area contributed by atoms with Crippen molar-refractivity contribution >= 4 is 23.4 Å². The average molecular weight is 363 g/mol. The van der Waals surface area contributed by atoms with E-state index in [0.29, 0.717) is 18.8 Å². The largest absolute Gasteiger partial charge is 0.383 e. The van der Waals surface area contributed by atoms with Crippen LogP contribution in [0.4, 0.5) is 5.69 Å². The molecule has 1 aromatic rings. The second-order valence-electron chi connectivity index (χ2n) is 7.16. The minimum atomic E-state index is -0.600. The normalized spacial score (nSPS) is 11.0. The van der Waals surface area contributed by atoms with E-state index in [-0.39, 0.29) is 24.9 Å². The van der Waals surface area contributed by atoms with Crippen LogP contribution < -0.4 is 10.6 Å². The van der Waals surface area contributed by atoms with Gasteiger partial charge in [0, 0.05) is 24.8 Å². The highest BCUT2D eigenvalue weighted by Gasteiger charge is 2.28. The molecule has 0 aliphatic heterocycles. The number of anilines is 1. The fourth-order valence-electron chi connectivity index (χ4n) is 2.18. The molecule has 1 aromatic carbocycles. The summed E-state index contributed by atoms with van der Waals surface area (Å²) in [5, 5.41) is 5.25. The number of nitrogens with zero attached hydrogens (tertiary/aromatic N) is 1. The topological polar surface area (TPSA) is 87.7 Å². The standard InChI is InChI=1S/C19H29N3O4/c1-14-6-8-15(9-7-14)21-16(23)12-20-17(24)13-22(10-11-26-5)18(25)19(2,3)4/h6-9H,10-13H2,1-5H3,(H,20,24)(H,21,23). The molecule has 7 nitrogen and oxygen atoms in total. The van der Waals surface area contributed by atoms with E-state index in [2.05, 4.69) is 10.6 Å². The summed E-state index contributed by atoms with van der Waals surface area (Å²) in [7, 11) is 1.54. The number of carbonyl (C=O) groups excluding carboxylic acids is 3. The van der Waals surface area contributed by atoms with Crippen molar-refractivity contribution in [2.75, 3.05) is 38.7 Å². The first-order valence-electron chi connectivity index (χ1n) is 8.55. The molecule has 0 saturated heterocycles. The molecule has 3 amide bonds. The number of benzene rings is 1. The molecule has 0 aliphatic rings. The Morgan fingerprint density at radius 3 is 2.23 bits per heavy atom. The Morgan fingerprint density at radius 2 is 1.69 bits per heavy atom.